The summed E-state index contributed by atoms with van der Waals surface area (Å²) in [6.45, 7) is 6.30. The lowest BCUT2D eigenvalue weighted by molar-refractivity contribution is 0.190. The number of rotatable bonds is 7. The highest BCUT2D eigenvalue weighted by molar-refractivity contribution is 5.84. The lowest BCUT2D eigenvalue weighted by Crippen LogP contribution is -2.20. The van der Waals surface area contributed by atoms with Crippen molar-refractivity contribution in [1.29, 1.82) is 0 Å². The number of aromatic nitrogens is 1. The fourth-order valence-electron chi connectivity index (χ4n) is 3.03. The first-order valence-electron chi connectivity index (χ1n) is 8.03. The molecule has 3 rings (SSSR count). The number of hydrogen-bond acceptors (Lipinski definition) is 2. The minimum atomic E-state index is 0.435. The van der Waals surface area contributed by atoms with Crippen LogP contribution in [0.3, 0.4) is 0 Å². The van der Waals surface area contributed by atoms with E-state index < -0.39 is 0 Å². The minimum Gasteiger partial charge on any atom is -0.385 e. The summed E-state index contributed by atoms with van der Waals surface area (Å²) in [5, 5.41) is 5.05. The predicted octanol–water partition coefficient (Wildman–Crippen LogP) is 3.80. The van der Waals surface area contributed by atoms with Crippen molar-refractivity contribution >= 4 is 10.9 Å². The molecule has 0 saturated heterocycles. The third kappa shape index (κ3) is 3.30. The highest BCUT2D eigenvalue weighted by Gasteiger charge is 2.23. The van der Waals surface area contributed by atoms with Crippen LogP contribution >= 0.6 is 0 Å². The molecule has 3 heteroatoms. The molecule has 0 aliphatic heterocycles. The third-order valence-corrected chi connectivity index (χ3v) is 4.42. The van der Waals surface area contributed by atoms with E-state index in [4.69, 9.17) is 4.74 Å². The second-order valence-electron chi connectivity index (χ2n) is 6.29. The lowest BCUT2D eigenvalue weighted by Gasteiger charge is -2.14. The second kappa shape index (κ2) is 6.20. The molecule has 1 N–H and O–H groups in total. The van der Waals surface area contributed by atoms with Crippen molar-refractivity contribution in [2.45, 2.75) is 51.7 Å². The smallest absolute Gasteiger partial charge is 0.0486 e. The maximum atomic E-state index is 5.17. The zero-order valence-electron chi connectivity index (χ0n) is 13.4. The van der Waals surface area contributed by atoms with Gasteiger partial charge in [0.25, 0.3) is 0 Å². The standard InChI is InChI=1S/C18H26N2O/c1-13-12-20(9-4-10-21-3)18-11-15(5-8-17(13)18)14(2)19-16-6-7-16/h5,8,11-12,14,16,19H,4,6-7,9-10H2,1-3H3. The fourth-order valence-corrected chi connectivity index (χ4v) is 3.03. The van der Waals surface area contributed by atoms with Gasteiger partial charge in [-0.1, -0.05) is 12.1 Å². The van der Waals surface area contributed by atoms with Crippen LogP contribution < -0.4 is 5.32 Å². The zero-order valence-corrected chi connectivity index (χ0v) is 13.4. The van der Waals surface area contributed by atoms with Crippen molar-refractivity contribution in [2.75, 3.05) is 13.7 Å². The predicted molar refractivity (Wildman–Crippen MR) is 87.7 cm³/mol. The molecule has 21 heavy (non-hydrogen) atoms. The van der Waals surface area contributed by atoms with Gasteiger partial charge in [0.2, 0.25) is 0 Å². The summed E-state index contributed by atoms with van der Waals surface area (Å²) in [5.41, 5.74) is 4.10. The van der Waals surface area contributed by atoms with Crippen molar-refractivity contribution in [1.82, 2.24) is 9.88 Å². The van der Waals surface area contributed by atoms with Crippen LogP contribution in [0.1, 0.15) is 43.4 Å². The van der Waals surface area contributed by atoms with Gasteiger partial charge in [-0.15, -0.1) is 0 Å². The molecule has 0 bridgehead atoms. The Hall–Kier alpha value is -1.32. The Labute approximate surface area is 127 Å². The molecule has 1 aromatic heterocycles. The number of nitrogens with one attached hydrogen (secondary N) is 1. The second-order valence-corrected chi connectivity index (χ2v) is 6.29. The Morgan fingerprint density at radius 2 is 2.19 bits per heavy atom. The molecule has 3 nitrogen and oxygen atoms in total. The summed E-state index contributed by atoms with van der Waals surface area (Å²) in [6, 6.07) is 8.08. The topological polar surface area (TPSA) is 26.2 Å². The fraction of sp³-hybridized carbons (Fsp3) is 0.556. The molecule has 1 aliphatic carbocycles. The first-order chi connectivity index (χ1) is 10.2. The largest absolute Gasteiger partial charge is 0.385 e. The molecule has 2 aromatic rings. The zero-order chi connectivity index (χ0) is 14.8. The molecule has 114 valence electrons. The number of methoxy groups -OCH3 is 1. The van der Waals surface area contributed by atoms with Crippen LogP contribution in [-0.4, -0.2) is 24.3 Å². The van der Waals surface area contributed by atoms with Crippen LogP contribution in [0.4, 0.5) is 0 Å². The molecular weight excluding hydrogens is 260 g/mol. The van der Waals surface area contributed by atoms with Crippen molar-refractivity contribution in [2.24, 2.45) is 0 Å². The van der Waals surface area contributed by atoms with E-state index in [0.717, 1.165) is 25.6 Å². The third-order valence-electron chi connectivity index (χ3n) is 4.42. The van der Waals surface area contributed by atoms with Gasteiger partial charge in [0, 0.05) is 49.4 Å². The molecule has 1 atom stereocenters. The molecule has 1 saturated carbocycles. The van der Waals surface area contributed by atoms with Crippen molar-refractivity contribution in [3.63, 3.8) is 0 Å². The van der Waals surface area contributed by atoms with Gasteiger partial charge >= 0.3 is 0 Å². The minimum absolute atomic E-state index is 0.435. The summed E-state index contributed by atoms with van der Waals surface area (Å²) in [5.74, 6) is 0. The van der Waals surface area contributed by atoms with Gasteiger partial charge in [-0.3, -0.25) is 0 Å². The molecule has 1 unspecified atom stereocenters. The Bertz CT molecular complexity index is 613. The Balaban J connectivity index is 1.84. The number of nitrogens with zero attached hydrogens (tertiary/aromatic N) is 1. The van der Waals surface area contributed by atoms with Gasteiger partial charge in [-0.2, -0.15) is 0 Å². The van der Waals surface area contributed by atoms with Crippen LogP contribution in [0, 0.1) is 6.92 Å². The van der Waals surface area contributed by atoms with E-state index in [9.17, 15) is 0 Å². The van der Waals surface area contributed by atoms with E-state index in [1.54, 1.807) is 7.11 Å². The van der Waals surface area contributed by atoms with Crippen LogP contribution in [-0.2, 0) is 11.3 Å². The molecule has 0 radical (unpaired) electrons. The molecule has 0 spiro atoms. The highest BCUT2D eigenvalue weighted by Crippen LogP contribution is 2.28. The molecule has 1 heterocycles. The van der Waals surface area contributed by atoms with Gasteiger partial charge < -0.3 is 14.6 Å². The average molecular weight is 286 g/mol. The number of benzene rings is 1. The maximum absolute atomic E-state index is 5.17. The van der Waals surface area contributed by atoms with Gasteiger partial charge in [-0.25, -0.2) is 0 Å². The average Bonchev–Trinajstić information content (AvgIpc) is 3.24. The summed E-state index contributed by atoms with van der Waals surface area (Å²) < 4.78 is 7.54. The number of fused-ring (bicyclic) bond motifs is 1. The number of aryl methyl sites for hydroxylation is 2. The van der Waals surface area contributed by atoms with Gasteiger partial charge in [0.15, 0.2) is 0 Å². The monoisotopic (exact) mass is 286 g/mol. The number of ether oxygens (including phenoxy) is 1. The van der Waals surface area contributed by atoms with Gasteiger partial charge in [0.05, 0.1) is 0 Å². The van der Waals surface area contributed by atoms with Crippen molar-refractivity contribution < 1.29 is 4.74 Å². The molecule has 1 aliphatic rings. The quantitative estimate of drug-likeness (QED) is 0.784. The molecule has 0 amide bonds. The maximum Gasteiger partial charge on any atom is 0.0486 e. The van der Waals surface area contributed by atoms with E-state index in [1.165, 1.54) is 34.9 Å². The summed E-state index contributed by atoms with van der Waals surface area (Å²) in [7, 11) is 1.77. The lowest BCUT2D eigenvalue weighted by atomic mass is 10.1. The number of hydrogen-bond donors (Lipinski definition) is 1. The van der Waals surface area contributed by atoms with E-state index in [2.05, 4.69) is 48.1 Å². The van der Waals surface area contributed by atoms with E-state index in [1.807, 2.05) is 0 Å². The SMILES string of the molecule is COCCCn1cc(C)c2ccc(C(C)NC3CC3)cc21. The normalized spacial score (nSPS) is 16.5. The van der Waals surface area contributed by atoms with E-state index in [-0.39, 0.29) is 0 Å². The molecular formula is C18H26N2O. The first kappa shape index (κ1) is 14.6. The molecule has 1 aromatic carbocycles. The molecule has 1 fully saturated rings. The summed E-state index contributed by atoms with van der Waals surface area (Å²) in [4.78, 5) is 0. The van der Waals surface area contributed by atoms with E-state index >= 15 is 0 Å². The Kier molecular flexibility index (Phi) is 4.32. The van der Waals surface area contributed by atoms with Crippen LogP contribution in [0.15, 0.2) is 24.4 Å². The summed E-state index contributed by atoms with van der Waals surface area (Å²) in [6.07, 6.45) is 5.99. The van der Waals surface area contributed by atoms with Gasteiger partial charge in [0.1, 0.15) is 0 Å². The van der Waals surface area contributed by atoms with Crippen molar-refractivity contribution in [3.05, 3.63) is 35.5 Å². The van der Waals surface area contributed by atoms with Gasteiger partial charge in [-0.05, 0) is 50.3 Å². The van der Waals surface area contributed by atoms with Crippen molar-refractivity contribution in [3.8, 4) is 0 Å². The Morgan fingerprint density at radius 3 is 2.90 bits per heavy atom. The van der Waals surface area contributed by atoms with E-state index in [0.29, 0.717) is 6.04 Å². The Morgan fingerprint density at radius 1 is 1.38 bits per heavy atom. The van der Waals surface area contributed by atoms with Crippen LogP contribution in [0.25, 0.3) is 10.9 Å². The van der Waals surface area contributed by atoms with Crippen LogP contribution in [0.2, 0.25) is 0 Å². The summed E-state index contributed by atoms with van der Waals surface area (Å²) >= 11 is 0. The first-order valence-corrected chi connectivity index (χ1v) is 8.03. The van der Waals surface area contributed by atoms with Crippen LogP contribution in [0.5, 0.6) is 0 Å². The highest BCUT2D eigenvalue weighted by atomic mass is 16.5.